The third kappa shape index (κ3) is 1.95. The molecule has 1 aromatic carbocycles. The molecule has 0 amide bonds. The van der Waals surface area contributed by atoms with Crippen molar-refractivity contribution in [3.8, 4) is 5.75 Å². The molecule has 2 N–H and O–H groups in total. The van der Waals surface area contributed by atoms with Crippen LogP contribution in [0.2, 0.25) is 0 Å². The molecular formula is C13H14N2O2S. The van der Waals surface area contributed by atoms with E-state index in [9.17, 15) is 5.11 Å². The molecule has 1 aromatic heterocycles. The topological polar surface area (TPSA) is 50.2 Å². The summed E-state index contributed by atoms with van der Waals surface area (Å²) in [7, 11) is 0. The number of para-hydroxylation sites is 1. The highest BCUT2D eigenvalue weighted by molar-refractivity contribution is 7.71. The third-order valence-electron chi connectivity index (χ3n) is 3.22. The Morgan fingerprint density at radius 2 is 2.28 bits per heavy atom. The zero-order valence-corrected chi connectivity index (χ0v) is 10.6. The molecule has 2 aromatic rings. The molecule has 1 atom stereocenters. The zero-order chi connectivity index (χ0) is 12.5. The van der Waals surface area contributed by atoms with Gasteiger partial charge in [0.15, 0.2) is 4.77 Å². The SMILES string of the molecule is OCc1c[nH]c(=S)n1CC1Cc2ccccc2O1. The number of hydrogen-bond donors (Lipinski definition) is 2. The number of ether oxygens (including phenoxy) is 1. The van der Waals surface area contributed by atoms with Crippen LogP contribution in [0.15, 0.2) is 30.5 Å². The van der Waals surface area contributed by atoms with E-state index in [4.69, 9.17) is 17.0 Å². The highest BCUT2D eigenvalue weighted by Crippen LogP contribution is 2.28. The molecule has 0 aliphatic carbocycles. The van der Waals surface area contributed by atoms with Gasteiger partial charge in [0.25, 0.3) is 0 Å². The van der Waals surface area contributed by atoms with E-state index in [0.717, 1.165) is 17.9 Å². The number of rotatable bonds is 3. The molecule has 3 rings (SSSR count). The maximum atomic E-state index is 9.25. The van der Waals surface area contributed by atoms with E-state index in [0.29, 0.717) is 11.3 Å². The Morgan fingerprint density at radius 3 is 3.06 bits per heavy atom. The highest BCUT2D eigenvalue weighted by atomic mass is 32.1. The van der Waals surface area contributed by atoms with Gasteiger partial charge in [0, 0.05) is 12.6 Å². The summed E-state index contributed by atoms with van der Waals surface area (Å²) >= 11 is 5.20. The second-order valence-corrected chi connectivity index (χ2v) is 4.79. The quantitative estimate of drug-likeness (QED) is 0.832. The second kappa shape index (κ2) is 4.59. The number of nitrogens with zero attached hydrogens (tertiary/aromatic N) is 1. The van der Waals surface area contributed by atoms with Gasteiger partial charge in [0.1, 0.15) is 11.9 Å². The molecule has 0 bridgehead atoms. The Morgan fingerprint density at radius 1 is 1.44 bits per heavy atom. The molecule has 18 heavy (non-hydrogen) atoms. The van der Waals surface area contributed by atoms with Crippen molar-refractivity contribution in [1.29, 1.82) is 0 Å². The first-order valence-corrected chi connectivity index (χ1v) is 6.31. The van der Waals surface area contributed by atoms with Crippen LogP contribution in [0.5, 0.6) is 5.75 Å². The van der Waals surface area contributed by atoms with Crippen LogP contribution in [0.25, 0.3) is 0 Å². The lowest BCUT2D eigenvalue weighted by Gasteiger charge is -2.13. The minimum atomic E-state index is -0.0210. The Balaban J connectivity index is 1.80. The number of benzene rings is 1. The van der Waals surface area contributed by atoms with E-state index < -0.39 is 0 Å². The summed E-state index contributed by atoms with van der Waals surface area (Å²) in [6.07, 6.45) is 2.70. The molecule has 0 fully saturated rings. The first-order chi connectivity index (χ1) is 8.78. The molecule has 4 nitrogen and oxygen atoms in total. The number of imidazole rings is 1. The van der Waals surface area contributed by atoms with Crippen molar-refractivity contribution in [3.05, 3.63) is 46.5 Å². The van der Waals surface area contributed by atoms with Crippen LogP contribution in [0, 0.1) is 4.77 Å². The fourth-order valence-electron chi connectivity index (χ4n) is 2.32. The Bertz CT molecular complexity index is 592. The van der Waals surface area contributed by atoms with Crippen LogP contribution >= 0.6 is 12.2 Å². The smallest absolute Gasteiger partial charge is 0.177 e. The van der Waals surface area contributed by atoms with E-state index >= 15 is 0 Å². The summed E-state index contributed by atoms with van der Waals surface area (Å²) in [5.41, 5.74) is 2.02. The minimum absolute atomic E-state index is 0.0210. The van der Waals surface area contributed by atoms with Gasteiger partial charge in [-0.15, -0.1) is 0 Å². The maximum Gasteiger partial charge on any atom is 0.177 e. The number of aromatic nitrogens is 2. The number of fused-ring (bicyclic) bond motifs is 1. The average molecular weight is 262 g/mol. The predicted molar refractivity (Wildman–Crippen MR) is 70.1 cm³/mol. The summed E-state index contributed by atoms with van der Waals surface area (Å²) < 4.78 is 8.39. The first-order valence-electron chi connectivity index (χ1n) is 5.90. The highest BCUT2D eigenvalue weighted by Gasteiger charge is 2.23. The summed E-state index contributed by atoms with van der Waals surface area (Å²) in [5, 5.41) is 9.25. The standard InChI is InChI=1S/C13H14N2O2S/c16-8-10-6-14-13(18)15(10)7-11-5-9-3-1-2-4-12(9)17-11/h1-4,6,11,16H,5,7-8H2,(H,14,18). The van der Waals surface area contributed by atoms with Gasteiger partial charge in [-0.25, -0.2) is 0 Å². The monoisotopic (exact) mass is 262 g/mol. The summed E-state index contributed by atoms with van der Waals surface area (Å²) in [4.78, 5) is 2.95. The number of nitrogens with one attached hydrogen (secondary N) is 1. The van der Waals surface area contributed by atoms with E-state index in [-0.39, 0.29) is 12.7 Å². The van der Waals surface area contributed by atoms with Crippen LogP contribution < -0.4 is 4.74 Å². The van der Waals surface area contributed by atoms with Gasteiger partial charge in [-0.3, -0.25) is 0 Å². The molecule has 0 radical (unpaired) electrons. The molecule has 0 saturated heterocycles. The lowest BCUT2D eigenvalue weighted by atomic mass is 10.1. The van der Waals surface area contributed by atoms with Gasteiger partial charge in [0.05, 0.1) is 18.8 Å². The van der Waals surface area contributed by atoms with Gasteiger partial charge < -0.3 is 19.4 Å². The molecule has 1 aliphatic heterocycles. The molecule has 1 unspecified atom stereocenters. The predicted octanol–water partition coefficient (Wildman–Crippen LogP) is 2.04. The van der Waals surface area contributed by atoms with Gasteiger partial charge in [-0.2, -0.15) is 0 Å². The minimum Gasteiger partial charge on any atom is -0.488 e. The van der Waals surface area contributed by atoms with Crippen molar-refractivity contribution in [2.45, 2.75) is 25.7 Å². The Hall–Kier alpha value is -1.59. The molecular weight excluding hydrogens is 248 g/mol. The lowest BCUT2D eigenvalue weighted by Crippen LogP contribution is -2.22. The van der Waals surface area contributed by atoms with Gasteiger partial charge in [-0.05, 0) is 23.8 Å². The third-order valence-corrected chi connectivity index (χ3v) is 3.55. The second-order valence-electron chi connectivity index (χ2n) is 4.41. The number of aliphatic hydroxyl groups is 1. The van der Waals surface area contributed by atoms with E-state index in [1.165, 1.54) is 5.56 Å². The first kappa shape index (κ1) is 11.5. The van der Waals surface area contributed by atoms with Crippen LogP contribution in [0.1, 0.15) is 11.3 Å². The van der Waals surface area contributed by atoms with Gasteiger partial charge >= 0.3 is 0 Å². The fraction of sp³-hybridized carbons (Fsp3) is 0.308. The van der Waals surface area contributed by atoms with Crippen molar-refractivity contribution >= 4 is 12.2 Å². The van der Waals surface area contributed by atoms with Crippen molar-refractivity contribution < 1.29 is 9.84 Å². The van der Waals surface area contributed by atoms with E-state index in [1.807, 2.05) is 22.8 Å². The van der Waals surface area contributed by atoms with E-state index in [1.54, 1.807) is 6.20 Å². The van der Waals surface area contributed by atoms with Crippen molar-refractivity contribution in [2.24, 2.45) is 0 Å². The summed E-state index contributed by atoms with van der Waals surface area (Å²) in [6.45, 7) is 0.639. The van der Waals surface area contributed by atoms with Crippen LogP contribution in [0.4, 0.5) is 0 Å². The van der Waals surface area contributed by atoms with Crippen molar-refractivity contribution in [2.75, 3.05) is 0 Å². The lowest BCUT2D eigenvalue weighted by molar-refractivity contribution is 0.201. The summed E-state index contributed by atoms with van der Waals surface area (Å²) in [5.74, 6) is 0.954. The summed E-state index contributed by atoms with van der Waals surface area (Å²) in [6, 6.07) is 8.06. The number of H-pyrrole nitrogens is 1. The number of aliphatic hydroxyl groups excluding tert-OH is 1. The van der Waals surface area contributed by atoms with Crippen LogP contribution in [0.3, 0.4) is 0 Å². The van der Waals surface area contributed by atoms with Gasteiger partial charge in [0.2, 0.25) is 0 Å². The Labute approximate surface area is 110 Å². The van der Waals surface area contributed by atoms with Crippen molar-refractivity contribution in [3.63, 3.8) is 0 Å². The van der Waals surface area contributed by atoms with Crippen molar-refractivity contribution in [1.82, 2.24) is 9.55 Å². The van der Waals surface area contributed by atoms with E-state index in [2.05, 4.69) is 11.1 Å². The van der Waals surface area contributed by atoms with Crippen LogP contribution in [-0.2, 0) is 19.6 Å². The Kier molecular flexibility index (Phi) is 2.93. The maximum absolute atomic E-state index is 9.25. The number of hydrogen-bond acceptors (Lipinski definition) is 3. The van der Waals surface area contributed by atoms with Crippen LogP contribution in [-0.4, -0.2) is 20.8 Å². The molecule has 94 valence electrons. The largest absolute Gasteiger partial charge is 0.488 e. The molecule has 1 aliphatic rings. The fourth-order valence-corrected chi connectivity index (χ4v) is 2.57. The average Bonchev–Trinajstić information content (AvgIpc) is 2.94. The molecule has 2 heterocycles. The molecule has 0 saturated carbocycles. The molecule has 5 heteroatoms. The number of aromatic amines is 1. The van der Waals surface area contributed by atoms with Gasteiger partial charge in [-0.1, -0.05) is 18.2 Å². The molecule has 0 spiro atoms. The zero-order valence-electron chi connectivity index (χ0n) is 9.80. The normalized spacial score (nSPS) is 17.5.